The number of aromatic nitrogens is 2. The van der Waals surface area contributed by atoms with Crippen molar-refractivity contribution in [3.63, 3.8) is 0 Å². The van der Waals surface area contributed by atoms with Gasteiger partial charge in [-0.1, -0.05) is 19.1 Å². The molecule has 2 aromatic rings. The van der Waals surface area contributed by atoms with Gasteiger partial charge in [-0.25, -0.2) is 0 Å². The van der Waals surface area contributed by atoms with E-state index in [-0.39, 0.29) is 0 Å². The van der Waals surface area contributed by atoms with Crippen LogP contribution in [0.1, 0.15) is 29.8 Å². The molecule has 0 saturated carbocycles. The molecule has 0 aliphatic heterocycles. The van der Waals surface area contributed by atoms with Gasteiger partial charge in [0.25, 0.3) is 0 Å². The second kappa shape index (κ2) is 5.89. The van der Waals surface area contributed by atoms with Crippen LogP contribution in [0.15, 0.2) is 30.5 Å². The lowest BCUT2D eigenvalue weighted by molar-refractivity contribution is 0.177. The van der Waals surface area contributed by atoms with Crippen molar-refractivity contribution >= 4 is 0 Å². The number of benzene rings is 1. The molecule has 19 heavy (non-hydrogen) atoms. The van der Waals surface area contributed by atoms with Crippen LogP contribution in [0.25, 0.3) is 0 Å². The van der Waals surface area contributed by atoms with Gasteiger partial charge in [0.05, 0.1) is 18.9 Å². The van der Waals surface area contributed by atoms with E-state index in [9.17, 15) is 5.11 Å². The summed E-state index contributed by atoms with van der Waals surface area (Å²) >= 11 is 0. The topological polar surface area (TPSA) is 47.3 Å². The summed E-state index contributed by atoms with van der Waals surface area (Å²) in [6, 6.07) is 7.78. The average Bonchev–Trinajstić information content (AvgIpc) is 2.80. The fourth-order valence-corrected chi connectivity index (χ4v) is 2.24. The normalized spacial score (nSPS) is 12.4. The van der Waals surface area contributed by atoms with Gasteiger partial charge in [0.2, 0.25) is 0 Å². The molecule has 1 aromatic carbocycles. The number of hydrogen-bond acceptors (Lipinski definition) is 3. The highest BCUT2D eigenvalue weighted by Crippen LogP contribution is 2.23. The molecule has 0 saturated heterocycles. The molecule has 1 unspecified atom stereocenters. The fourth-order valence-electron chi connectivity index (χ4n) is 2.24. The van der Waals surface area contributed by atoms with Crippen LogP contribution in [-0.4, -0.2) is 22.0 Å². The molecule has 0 fully saturated rings. The molecule has 0 amide bonds. The van der Waals surface area contributed by atoms with Gasteiger partial charge >= 0.3 is 0 Å². The van der Waals surface area contributed by atoms with Crippen molar-refractivity contribution in [1.29, 1.82) is 0 Å². The summed E-state index contributed by atoms with van der Waals surface area (Å²) in [5.41, 5.74) is 2.92. The highest BCUT2D eigenvalue weighted by Gasteiger charge is 2.15. The van der Waals surface area contributed by atoms with Crippen molar-refractivity contribution < 1.29 is 9.84 Å². The first-order chi connectivity index (χ1) is 9.13. The molecular weight excluding hydrogens is 240 g/mol. The van der Waals surface area contributed by atoms with Gasteiger partial charge in [0.15, 0.2) is 0 Å². The third-order valence-electron chi connectivity index (χ3n) is 3.19. The third-order valence-corrected chi connectivity index (χ3v) is 3.19. The number of hydrogen-bond donors (Lipinski definition) is 1. The Morgan fingerprint density at radius 1 is 1.42 bits per heavy atom. The van der Waals surface area contributed by atoms with E-state index in [4.69, 9.17) is 4.74 Å². The van der Waals surface area contributed by atoms with Crippen molar-refractivity contribution in [2.24, 2.45) is 7.05 Å². The predicted molar refractivity (Wildman–Crippen MR) is 74.2 cm³/mol. The minimum Gasteiger partial charge on any atom is -0.497 e. The molecular formula is C15H20N2O2. The summed E-state index contributed by atoms with van der Waals surface area (Å²) in [5.74, 6) is 0.812. The van der Waals surface area contributed by atoms with Gasteiger partial charge in [0.1, 0.15) is 5.75 Å². The number of aliphatic hydroxyl groups is 1. The van der Waals surface area contributed by atoms with Crippen molar-refractivity contribution in [2.45, 2.75) is 25.9 Å². The van der Waals surface area contributed by atoms with Crippen molar-refractivity contribution in [1.82, 2.24) is 9.78 Å². The maximum atomic E-state index is 10.4. The maximum absolute atomic E-state index is 10.4. The van der Waals surface area contributed by atoms with Crippen LogP contribution >= 0.6 is 0 Å². The molecule has 102 valence electrons. The highest BCUT2D eigenvalue weighted by molar-refractivity contribution is 5.30. The average molecular weight is 260 g/mol. The van der Waals surface area contributed by atoms with E-state index >= 15 is 0 Å². The number of methoxy groups -OCH3 is 1. The molecule has 4 heteroatoms. The molecule has 0 bridgehead atoms. The smallest absolute Gasteiger partial charge is 0.119 e. The maximum Gasteiger partial charge on any atom is 0.119 e. The van der Waals surface area contributed by atoms with E-state index in [1.165, 1.54) is 0 Å². The van der Waals surface area contributed by atoms with E-state index in [1.54, 1.807) is 11.8 Å². The van der Waals surface area contributed by atoms with Crippen LogP contribution < -0.4 is 4.74 Å². The molecule has 4 nitrogen and oxygen atoms in total. The Hall–Kier alpha value is -1.81. The first kappa shape index (κ1) is 13.6. The summed E-state index contributed by atoms with van der Waals surface area (Å²) in [5, 5.41) is 14.7. The second-order valence-electron chi connectivity index (χ2n) is 4.63. The van der Waals surface area contributed by atoms with E-state index < -0.39 is 6.10 Å². The van der Waals surface area contributed by atoms with Gasteiger partial charge in [-0.3, -0.25) is 4.68 Å². The van der Waals surface area contributed by atoms with Gasteiger partial charge in [-0.15, -0.1) is 0 Å². The van der Waals surface area contributed by atoms with E-state index in [0.717, 1.165) is 29.0 Å². The molecule has 0 spiro atoms. The summed E-state index contributed by atoms with van der Waals surface area (Å²) in [7, 11) is 3.52. The lowest BCUT2D eigenvalue weighted by Gasteiger charge is -2.11. The van der Waals surface area contributed by atoms with Gasteiger partial charge in [0, 0.05) is 25.2 Å². The van der Waals surface area contributed by atoms with Crippen LogP contribution in [0.2, 0.25) is 0 Å². The zero-order valence-corrected chi connectivity index (χ0v) is 11.6. The number of nitrogens with zero attached hydrogens (tertiary/aromatic N) is 2. The number of aryl methyl sites for hydroxylation is 2. The van der Waals surface area contributed by atoms with Crippen LogP contribution in [0.4, 0.5) is 0 Å². The largest absolute Gasteiger partial charge is 0.497 e. The number of ether oxygens (including phenoxy) is 1. The Balaban J connectivity index is 2.17. The molecule has 0 radical (unpaired) electrons. The minimum absolute atomic E-state index is 0.532. The lowest BCUT2D eigenvalue weighted by Crippen LogP contribution is -2.03. The number of aliphatic hydroxyl groups excluding tert-OH is 1. The zero-order valence-electron chi connectivity index (χ0n) is 11.6. The number of rotatable bonds is 5. The Kier molecular flexibility index (Phi) is 4.22. The standard InChI is InChI=1S/C15H20N2O2/c1-4-14-13(10-17(2)16-14)15(18)9-11-6-5-7-12(8-11)19-3/h5-8,10,15,18H,4,9H2,1-3H3. The quantitative estimate of drug-likeness (QED) is 0.897. The molecule has 1 atom stereocenters. The Bertz CT molecular complexity index is 549. The molecule has 1 N–H and O–H groups in total. The van der Waals surface area contributed by atoms with Gasteiger partial charge in [-0.05, 0) is 24.1 Å². The lowest BCUT2D eigenvalue weighted by atomic mass is 10.0. The van der Waals surface area contributed by atoms with Crippen molar-refractivity contribution in [2.75, 3.05) is 7.11 Å². The minimum atomic E-state index is -0.532. The zero-order chi connectivity index (χ0) is 13.8. The summed E-state index contributed by atoms with van der Waals surface area (Å²) in [6.45, 7) is 2.05. The molecule has 2 rings (SSSR count). The van der Waals surface area contributed by atoms with Crippen LogP contribution in [-0.2, 0) is 19.9 Å². The van der Waals surface area contributed by atoms with Gasteiger partial charge in [-0.2, -0.15) is 5.10 Å². The third kappa shape index (κ3) is 3.15. The summed E-state index contributed by atoms with van der Waals surface area (Å²) < 4.78 is 6.95. The molecule has 0 aliphatic rings. The Morgan fingerprint density at radius 3 is 2.89 bits per heavy atom. The van der Waals surface area contributed by atoms with Gasteiger partial charge < -0.3 is 9.84 Å². The summed E-state index contributed by atoms with van der Waals surface area (Å²) in [4.78, 5) is 0. The first-order valence-electron chi connectivity index (χ1n) is 6.47. The Morgan fingerprint density at radius 2 is 2.21 bits per heavy atom. The predicted octanol–water partition coefficient (Wildman–Crippen LogP) is 2.27. The monoisotopic (exact) mass is 260 g/mol. The Labute approximate surface area is 113 Å². The first-order valence-corrected chi connectivity index (χ1v) is 6.47. The SMILES string of the molecule is CCc1nn(C)cc1C(O)Cc1cccc(OC)c1. The molecule has 1 aromatic heterocycles. The van der Waals surface area contributed by atoms with E-state index in [1.807, 2.05) is 44.4 Å². The second-order valence-corrected chi connectivity index (χ2v) is 4.63. The van der Waals surface area contributed by atoms with Crippen molar-refractivity contribution in [3.8, 4) is 5.75 Å². The van der Waals surface area contributed by atoms with Crippen LogP contribution in [0.3, 0.4) is 0 Å². The van der Waals surface area contributed by atoms with Crippen LogP contribution in [0.5, 0.6) is 5.75 Å². The van der Waals surface area contributed by atoms with Crippen molar-refractivity contribution in [3.05, 3.63) is 47.3 Å². The highest BCUT2D eigenvalue weighted by atomic mass is 16.5. The summed E-state index contributed by atoms with van der Waals surface area (Å²) in [6.07, 6.45) is 2.75. The molecule has 1 heterocycles. The van der Waals surface area contributed by atoms with E-state index in [2.05, 4.69) is 5.10 Å². The van der Waals surface area contributed by atoms with Crippen LogP contribution in [0, 0.1) is 0 Å². The molecule has 0 aliphatic carbocycles. The van der Waals surface area contributed by atoms with E-state index in [0.29, 0.717) is 6.42 Å². The fraction of sp³-hybridized carbons (Fsp3) is 0.400.